The van der Waals surface area contributed by atoms with Gasteiger partial charge in [0.05, 0.1) is 0 Å². The van der Waals surface area contributed by atoms with Crippen LogP contribution in [0.25, 0.3) is 31.9 Å². The Morgan fingerprint density at radius 2 is 1.37 bits per heavy atom. The van der Waals surface area contributed by atoms with Gasteiger partial charge in [-0.3, -0.25) is 0 Å². The van der Waals surface area contributed by atoms with Gasteiger partial charge in [-0.15, -0.1) is 11.3 Å². The maximum atomic E-state index is 11.8. The molecule has 0 amide bonds. The molecular formula is C23H23ClO2S. The topological polar surface area (TPSA) is 30.2 Å². The zero-order valence-electron chi connectivity index (χ0n) is 16.0. The van der Waals surface area contributed by atoms with Crippen LogP contribution < -0.4 is 5.63 Å². The Balaban J connectivity index is 0.000000614. The Kier molecular flexibility index (Phi) is 7.83. The van der Waals surface area contributed by atoms with E-state index in [1.807, 2.05) is 88.4 Å². The molecule has 2 nitrogen and oxygen atoms in total. The predicted octanol–water partition coefficient (Wildman–Crippen LogP) is 7.89. The highest BCUT2D eigenvalue weighted by Crippen LogP contribution is 2.39. The Hall–Kier alpha value is -2.36. The summed E-state index contributed by atoms with van der Waals surface area (Å²) in [5.41, 5.74) is 2.15. The van der Waals surface area contributed by atoms with E-state index in [0.29, 0.717) is 5.58 Å². The smallest absolute Gasteiger partial charge is 0.336 e. The number of hydrogen-bond donors (Lipinski definition) is 0. The van der Waals surface area contributed by atoms with Crippen LogP contribution in [0.5, 0.6) is 0 Å². The third-order valence-corrected chi connectivity index (χ3v) is 5.14. The minimum Gasteiger partial charge on any atom is -0.423 e. The monoisotopic (exact) mass is 398 g/mol. The molecule has 0 fully saturated rings. The van der Waals surface area contributed by atoms with Gasteiger partial charge >= 0.3 is 5.63 Å². The van der Waals surface area contributed by atoms with E-state index in [1.54, 1.807) is 17.4 Å². The van der Waals surface area contributed by atoms with Gasteiger partial charge in [0.2, 0.25) is 0 Å². The number of thiophene rings is 1. The maximum Gasteiger partial charge on any atom is 0.336 e. The Bertz CT molecular complexity index is 1060. The highest BCUT2D eigenvalue weighted by atomic mass is 35.5. The lowest BCUT2D eigenvalue weighted by Crippen LogP contribution is -1.97. The van der Waals surface area contributed by atoms with E-state index in [2.05, 4.69) is 0 Å². The van der Waals surface area contributed by atoms with Crippen molar-refractivity contribution in [2.75, 3.05) is 0 Å². The molecule has 0 radical (unpaired) electrons. The zero-order chi connectivity index (χ0) is 19.8. The van der Waals surface area contributed by atoms with Crippen LogP contribution in [0.15, 0.2) is 75.9 Å². The Labute approximate surface area is 169 Å². The molecule has 0 atom stereocenters. The molecule has 4 heteroatoms. The van der Waals surface area contributed by atoms with Crippen LogP contribution in [0.2, 0.25) is 5.02 Å². The normalized spacial score (nSPS) is 9.81. The molecule has 0 saturated heterocycles. The quantitative estimate of drug-likeness (QED) is 0.321. The van der Waals surface area contributed by atoms with Crippen molar-refractivity contribution in [2.24, 2.45) is 0 Å². The van der Waals surface area contributed by atoms with Crippen molar-refractivity contribution in [3.63, 3.8) is 0 Å². The van der Waals surface area contributed by atoms with Crippen LogP contribution in [0.1, 0.15) is 27.7 Å². The molecule has 0 aliphatic heterocycles. The van der Waals surface area contributed by atoms with Gasteiger partial charge in [0.15, 0.2) is 0 Å². The number of rotatable bonds is 2. The van der Waals surface area contributed by atoms with Crippen molar-refractivity contribution < 1.29 is 4.42 Å². The molecule has 2 heterocycles. The molecule has 0 aliphatic carbocycles. The van der Waals surface area contributed by atoms with Crippen LogP contribution in [-0.2, 0) is 0 Å². The molecule has 4 rings (SSSR count). The first-order valence-corrected chi connectivity index (χ1v) is 10.3. The fourth-order valence-electron chi connectivity index (χ4n) is 2.60. The van der Waals surface area contributed by atoms with E-state index < -0.39 is 0 Å². The molecule has 2 aromatic carbocycles. The summed E-state index contributed by atoms with van der Waals surface area (Å²) in [6.07, 6.45) is 0. The number of halogens is 1. The lowest BCUT2D eigenvalue weighted by Gasteiger charge is -2.03. The summed E-state index contributed by atoms with van der Waals surface area (Å²) in [6, 6.07) is 20.9. The van der Waals surface area contributed by atoms with E-state index in [0.717, 1.165) is 31.3 Å². The number of para-hydroxylation sites is 1. The van der Waals surface area contributed by atoms with Gasteiger partial charge in [-0.25, -0.2) is 4.79 Å². The number of hydrogen-bond acceptors (Lipinski definition) is 3. The number of benzene rings is 2. The van der Waals surface area contributed by atoms with Crippen molar-refractivity contribution >= 4 is 33.9 Å². The summed E-state index contributed by atoms with van der Waals surface area (Å²) in [6.45, 7) is 8.00. The summed E-state index contributed by atoms with van der Waals surface area (Å²) in [5.74, 6) is 0. The van der Waals surface area contributed by atoms with Crippen LogP contribution in [0.4, 0.5) is 0 Å². The summed E-state index contributed by atoms with van der Waals surface area (Å²) >= 11 is 7.89. The lowest BCUT2D eigenvalue weighted by molar-refractivity contribution is 0.561. The number of fused-ring (bicyclic) bond motifs is 1. The fourth-order valence-corrected chi connectivity index (χ4v) is 3.97. The predicted molar refractivity (Wildman–Crippen MR) is 119 cm³/mol. The van der Waals surface area contributed by atoms with Gasteiger partial charge in [0.25, 0.3) is 0 Å². The van der Waals surface area contributed by atoms with Gasteiger partial charge in [-0.1, -0.05) is 75.7 Å². The molecular weight excluding hydrogens is 376 g/mol. The standard InChI is InChI=1S/C19H11ClO2S.2C2H6/c20-15-7-3-1-6-13(15)17-9-10-18(23-17)14-11-19(21)22-16-8-4-2-5-12(14)16;2*1-2/h1-11H;2*1-2H3. The highest BCUT2D eigenvalue weighted by Gasteiger charge is 2.11. The second kappa shape index (κ2) is 10.1. The summed E-state index contributed by atoms with van der Waals surface area (Å²) in [5, 5.41) is 1.65. The second-order valence-corrected chi connectivity index (χ2v) is 6.61. The zero-order valence-corrected chi connectivity index (χ0v) is 17.5. The van der Waals surface area contributed by atoms with E-state index in [1.165, 1.54) is 0 Å². The lowest BCUT2D eigenvalue weighted by atomic mass is 10.1. The molecule has 27 heavy (non-hydrogen) atoms. The fraction of sp³-hybridized carbons (Fsp3) is 0.174. The Morgan fingerprint density at radius 3 is 2.07 bits per heavy atom. The van der Waals surface area contributed by atoms with Gasteiger partial charge in [-0.05, 0) is 24.3 Å². The minimum atomic E-state index is -0.341. The van der Waals surface area contributed by atoms with E-state index in [9.17, 15) is 4.79 Å². The molecule has 140 valence electrons. The van der Waals surface area contributed by atoms with Gasteiger partial charge in [-0.2, -0.15) is 0 Å². The van der Waals surface area contributed by atoms with Crippen LogP contribution in [-0.4, -0.2) is 0 Å². The molecule has 0 unspecified atom stereocenters. The average Bonchev–Trinajstić information content (AvgIpc) is 3.20. The molecule has 4 aromatic rings. The van der Waals surface area contributed by atoms with E-state index in [-0.39, 0.29) is 5.63 Å². The second-order valence-electron chi connectivity index (χ2n) is 5.12. The molecule has 0 bridgehead atoms. The van der Waals surface area contributed by atoms with Crippen molar-refractivity contribution in [1.82, 2.24) is 0 Å². The SMILES string of the molecule is CC.CC.O=c1cc(-c2ccc(-c3ccccc3Cl)s2)c2ccccc2o1. The summed E-state index contributed by atoms with van der Waals surface area (Å²) < 4.78 is 5.26. The van der Waals surface area contributed by atoms with Crippen LogP contribution >= 0.6 is 22.9 Å². The van der Waals surface area contributed by atoms with Crippen molar-refractivity contribution in [2.45, 2.75) is 27.7 Å². The van der Waals surface area contributed by atoms with Gasteiger partial charge in [0, 0.05) is 37.4 Å². The van der Waals surface area contributed by atoms with E-state index >= 15 is 0 Å². The average molecular weight is 399 g/mol. The van der Waals surface area contributed by atoms with Gasteiger partial charge in [0.1, 0.15) is 5.58 Å². The van der Waals surface area contributed by atoms with Crippen molar-refractivity contribution in [3.05, 3.63) is 82.2 Å². The molecule has 0 spiro atoms. The maximum absolute atomic E-state index is 11.8. The Morgan fingerprint density at radius 1 is 0.778 bits per heavy atom. The van der Waals surface area contributed by atoms with Crippen LogP contribution in [0.3, 0.4) is 0 Å². The first-order chi connectivity index (χ1) is 13.2. The third kappa shape index (κ3) is 4.68. The summed E-state index contributed by atoms with van der Waals surface area (Å²) in [4.78, 5) is 13.9. The molecule has 0 N–H and O–H groups in total. The molecule has 0 aliphatic rings. The van der Waals surface area contributed by atoms with Crippen molar-refractivity contribution in [3.8, 4) is 20.9 Å². The van der Waals surface area contributed by atoms with Crippen LogP contribution in [0, 0.1) is 0 Å². The minimum absolute atomic E-state index is 0.341. The first kappa shape index (κ1) is 20.9. The highest BCUT2D eigenvalue weighted by molar-refractivity contribution is 7.19. The van der Waals surface area contributed by atoms with E-state index in [4.69, 9.17) is 16.0 Å². The largest absolute Gasteiger partial charge is 0.423 e. The molecule has 2 aromatic heterocycles. The molecule has 0 saturated carbocycles. The summed E-state index contributed by atoms with van der Waals surface area (Å²) in [7, 11) is 0. The third-order valence-electron chi connectivity index (χ3n) is 3.66. The van der Waals surface area contributed by atoms with Gasteiger partial charge < -0.3 is 4.42 Å². The van der Waals surface area contributed by atoms with Crippen molar-refractivity contribution in [1.29, 1.82) is 0 Å². The first-order valence-electron chi connectivity index (χ1n) is 9.10.